The van der Waals surface area contributed by atoms with Crippen LogP contribution in [0.1, 0.15) is 23.8 Å². The number of hydrogen-bond donors (Lipinski definition) is 2. The first-order valence-corrected chi connectivity index (χ1v) is 7.47. The van der Waals surface area contributed by atoms with E-state index in [0.29, 0.717) is 11.1 Å². The highest BCUT2D eigenvalue weighted by molar-refractivity contribution is 5.25. The smallest absolute Gasteiger partial charge is 0.333 e. The van der Waals surface area contributed by atoms with Gasteiger partial charge in [0.1, 0.15) is 12.3 Å². The molecule has 2 aromatic rings. The van der Waals surface area contributed by atoms with Crippen molar-refractivity contribution >= 4 is 0 Å². The normalized spacial score (nSPS) is 23.5. The lowest BCUT2D eigenvalue weighted by molar-refractivity contribution is -0.268. The summed E-state index contributed by atoms with van der Waals surface area (Å²) in [5.41, 5.74) is -0.0856. The molecule has 1 fully saturated rings. The number of aromatic nitrogens is 2. The maximum absolute atomic E-state index is 12.6. The van der Waals surface area contributed by atoms with Crippen LogP contribution in [0.5, 0.6) is 5.75 Å². The van der Waals surface area contributed by atoms with E-state index in [1.165, 1.54) is 22.9 Å². The summed E-state index contributed by atoms with van der Waals surface area (Å²) in [6.07, 6.45) is -1.91. The Kier molecular flexibility index (Phi) is 4.27. The van der Waals surface area contributed by atoms with Gasteiger partial charge in [-0.3, -0.25) is 13.9 Å². The summed E-state index contributed by atoms with van der Waals surface area (Å²) in [5.74, 6) is -0.157. The predicted molar refractivity (Wildman–Crippen MR) is 81.4 cm³/mol. The second kappa shape index (κ2) is 6.23. The molecule has 0 radical (unpaired) electrons. The third-order valence-electron chi connectivity index (χ3n) is 4.01. The van der Waals surface area contributed by atoms with Crippen LogP contribution in [0.15, 0.2) is 40.1 Å². The highest BCUT2D eigenvalue weighted by Gasteiger charge is 2.34. The van der Waals surface area contributed by atoms with Crippen molar-refractivity contribution in [3.8, 4) is 5.75 Å². The Bertz CT molecular complexity index is 844. The molecule has 1 saturated heterocycles. The van der Waals surface area contributed by atoms with Crippen molar-refractivity contribution in [1.82, 2.24) is 9.13 Å². The topological polar surface area (TPSA) is 117 Å². The zero-order chi connectivity index (χ0) is 17.4. The van der Waals surface area contributed by atoms with Crippen molar-refractivity contribution < 1.29 is 20.1 Å². The largest absolute Gasteiger partial charge is 0.872 e. The molecule has 8 nitrogen and oxygen atoms in total. The molecule has 8 heteroatoms. The molecular formula is C16H17N2O6-. The van der Waals surface area contributed by atoms with Crippen LogP contribution in [0.2, 0.25) is 0 Å². The maximum Gasteiger partial charge on any atom is 0.333 e. The molecular weight excluding hydrogens is 316 g/mol. The molecule has 0 spiro atoms. The third-order valence-corrected chi connectivity index (χ3v) is 4.01. The zero-order valence-corrected chi connectivity index (χ0v) is 13.0. The van der Waals surface area contributed by atoms with Gasteiger partial charge in [0.2, 0.25) is 0 Å². The molecule has 0 saturated carbocycles. The van der Waals surface area contributed by atoms with Crippen LogP contribution in [0.4, 0.5) is 0 Å². The van der Waals surface area contributed by atoms with Crippen LogP contribution in [0.25, 0.3) is 0 Å². The molecule has 2 N–H and O–H groups in total. The van der Waals surface area contributed by atoms with Gasteiger partial charge in [-0.1, -0.05) is 24.3 Å². The monoisotopic (exact) mass is 333 g/mol. The van der Waals surface area contributed by atoms with Crippen molar-refractivity contribution in [3.05, 3.63) is 62.4 Å². The highest BCUT2D eigenvalue weighted by atomic mass is 16.6. The van der Waals surface area contributed by atoms with Crippen LogP contribution in [-0.4, -0.2) is 31.7 Å². The van der Waals surface area contributed by atoms with E-state index < -0.39 is 29.9 Å². The third kappa shape index (κ3) is 2.99. The first kappa shape index (κ1) is 16.4. The first-order valence-electron chi connectivity index (χ1n) is 7.47. The lowest BCUT2D eigenvalue weighted by atomic mass is 10.2. The minimum atomic E-state index is -1.37. The summed E-state index contributed by atoms with van der Waals surface area (Å²) in [6.45, 7) is 1.58. The summed E-state index contributed by atoms with van der Waals surface area (Å²) < 4.78 is 7.40. The molecule has 3 rings (SSSR count). The lowest BCUT2D eigenvalue weighted by Crippen LogP contribution is -2.42. The first-order chi connectivity index (χ1) is 11.4. The molecule has 0 amide bonds. The van der Waals surface area contributed by atoms with E-state index in [0.717, 1.165) is 4.57 Å². The average molecular weight is 333 g/mol. The summed E-state index contributed by atoms with van der Waals surface area (Å²) >= 11 is 0. The second-order valence-corrected chi connectivity index (χ2v) is 5.82. The van der Waals surface area contributed by atoms with Crippen molar-refractivity contribution in [2.75, 3.05) is 0 Å². The van der Waals surface area contributed by atoms with Crippen LogP contribution >= 0.6 is 0 Å². The van der Waals surface area contributed by atoms with Gasteiger partial charge in [-0.15, -0.1) is 5.75 Å². The fraction of sp³-hybridized carbons (Fsp3) is 0.375. The van der Waals surface area contributed by atoms with Gasteiger partial charge in [0.05, 0.1) is 6.54 Å². The van der Waals surface area contributed by atoms with Gasteiger partial charge in [-0.25, -0.2) is 4.79 Å². The van der Waals surface area contributed by atoms with E-state index in [4.69, 9.17) is 4.74 Å². The number of hydrogen-bond acceptors (Lipinski definition) is 6. The zero-order valence-electron chi connectivity index (χ0n) is 13.0. The van der Waals surface area contributed by atoms with Gasteiger partial charge in [0.15, 0.2) is 6.29 Å². The summed E-state index contributed by atoms with van der Waals surface area (Å²) in [7, 11) is 0. The molecule has 128 valence electrons. The minimum Gasteiger partial charge on any atom is -0.872 e. The molecule has 0 aliphatic carbocycles. The highest BCUT2D eigenvalue weighted by Crippen LogP contribution is 2.26. The number of ether oxygens (including phenoxy) is 1. The van der Waals surface area contributed by atoms with E-state index in [2.05, 4.69) is 0 Å². The number of aliphatic hydroxyl groups excluding tert-OH is 2. The van der Waals surface area contributed by atoms with Crippen molar-refractivity contribution in [2.24, 2.45) is 0 Å². The average Bonchev–Trinajstić information content (AvgIpc) is 2.88. The Morgan fingerprint density at radius 3 is 2.50 bits per heavy atom. The van der Waals surface area contributed by atoms with Gasteiger partial charge >= 0.3 is 5.69 Å². The van der Waals surface area contributed by atoms with E-state index >= 15 is 0 Å². The lowest BCUT2D eigenvalue weighted by Gasteiger charge is -2.17. The number of nitrogens with zero attached hydrogens (tertiary/aromatic N) is 2. The Balaban J connectivity index is 2.02. The maximum atomic E-state index is 12.6. The van der Waals surface area contributed by atoms with Gasteiger partial charge in [-0.2, -0.15) is 0 Å². The van der Waals surface area contributed by atoms with Gasteiger partial charge in [0, 0.05) is 18.2 Å². The Labute approximate surface area is 136 Å². The Hall–Kier alpha value is -2.42. The number of benzene rings is 1. The Morgan fingerprint density at radius 1 is 1.25 bits per heavy atom. The predicted octanol–water partition coefficient (Wildman–Crippen LogP) is -0.961. The van der Waals surface area contributed by atoms with Crippen molar-refractivity contribution in [1.29, 1.82) is 0 Å². The Morgan fingerprint density at radius 2 is 1.92 bits per heavy atom. The number of aliphatic hydroxyl groups is 2. The second-order valence-electron chi connectivity index (χ2n) is 5.82. The summed E-state index contributed by atoms with van der Waals surface area (Å²) in [5, 5.41) is 30.2. The molecule has 1 aromatic carbocycles. The molecule has 3 atom stereocenters. The van der Waals surface area contributed by atoms with E-state index in [-0.39, 0.29) is 18.7 Å². The quantitative estimate of drug-likeness (QED) is 0.747. The van der Waals surface area contributed by atoms with E-state index in [9.17, 15) is 24.9 Å². The summed E-state index contributed by atoms with van der Waals surface area (Å²) in [6, 6.07) is 5.84. The number of rotatable bonds is 3. The SMILES string of the molecule is Cc1cn([C@H]2CC(O)[C@@H](O)O2)c(=O)n(Cc2ccc([O-])cc2)c1=O. The standard InChI is InChI=1S/C16H18N2O6/c1-9-7-17(13-6-12(20)15(22)24-13)16(23)18(14(9)21)8-10-2-4-11(19)5-3-10/h2-5,7,12-13,15,19-20,22H,6,8H2,1H3/p-1/t12?,13-,15+/m1/s1. The van der Waals surface area contributed by atoms with E-state index in [1.807, 2.05) is 0 Å². The molecule has 1 aliphatic rings. The fourth-order valence-electron chi connectivity index (χ4n) is 2.69. The molecule has 24 heavy (non-hydrogen) atoms. The number of aryl methyl sites for hydroxylation is 1. The van der Waals surface area contributed by atoms with Crippen LogP contribution in [0.3, 0.4) is 0 Å². The van der Waals surface area contributed by atoms with Gasteiger partial charge < -0.3 is 20.1 Å². The molecule has 2 heterocycles. The molecule has 0 bridgehead atoms. The van der Waals surface area contributed by atoms with Crippen LogP contribution < -0.4 is 16.4 Å². The molecule has 1 aliphatic heterocycles. The van der Waals surface area contributed by atoms with Crippen molar-refractivity contribution in [2.45, 2.75) is 38.5 Å². The van der Waals surface area contributed by atoms with Crippen LogP contribution in [-0.2, 0) is 11.3 Å². The molecule has 1 aromatic heterocycles. The van der Waals surface area contributed by atoms with E-state index in [1.54, 1.807) is 19.1 Å². The van der Waals surface area contributed by atoms with Crippen molar-refractivity contribution in [3.63, 3.8) is 0 Å². The van der Waals surface area contributed by atoms with Gasteiger partial charge in [0.25, 0.3) is 5.56 Å². The fourth-order valence-corrected chi connectivity index (χ4v) is 2.69. The minimum absolute atomic E-state index is 0.0114. The summed E-state index contributed by atoms with van der Waals surface area (Å²) in [4.78, 5) is 24.9. The molecule has 1 unspecified atom stereocenters. The van der Waals surface area contributed by atoms with Crippen LogP contribution in [0, 0.1) is 6.92 Å². The van der Waals surface area contributed by atoms with Gasteiger partial charge in [-0.05, 0) is 12.5 Å².